The average Bonchev–Trinajstić information content (AvgIpc) is 2.31. The Morgan fingerprint density at radius 2 is 1.78 bits per heavy atom. The molecule has 1 aromatic carbocycles. The summed E-state index contributed by atoms with van der Waals surface area (Å²) in [6.07, 6.45) is 1.97. The third-order valence-electron chi connectivity index (χ3n) is 3.18. The Labute approximate surface area is 117 Å². The lowest BCUT2D eigenvalue weighted by Gasteiger charge is -2.29. The van der Waals surface area contributed by atoms with Gasteiger partial charge in [0.1, 0.15) is 0 Å². The van der Waals surface area contributed by atoms with Gasteiger partial charge in [-0.1, -0.05) is 23.2 Å². The van der Waals surface area contributed by atoms with Crippen LogP contribution in [0.3, 0.4) is 0 Å². The smallest absolute Gasteiger partial charge is 0.251 e. The Kier molecular flexibility index (Phi) is 4.49. The molecule has 1 amide bonds. The second-order valence-electron chi connectivity index (χ2n) is 4.71. The van der Waals surface area contributed by atoms with Gasteiger partial charge in [0.05, 0.1) is 0 Å². The highest BCUT2D eigenvalue weighted by Crippen LogP contribution is 2.19. The number of nitrogens with one attached hydrogen (secondary N) is 1. The molecule has 1 aromatic rings. The van der Waals surface area contributed by atoms with Gasteiger partial charge in [0.25, 0.3) is 5.91 Å². The molecule has 1 heterocycles. The van der Waals surface area contributed by atoms with E-state index >= 15 is 0 Å². The Morgan fingerprint density at radius 1 is 1.22 bits per heavy atom. The van der Waals surface area contributed by atoms with Gasteiger partial charge in [-0.05, 0) is 51.2 Å². The van der Waals surface area contributed by atoms with E-state index in [-0.39, 0.29) is 11.9 Å². The Bertz CT molecular complexity index is 422. The van der Waals surface area contributed by atoms with Gasteiger partial charge < -0.3 is 10.2 Å². The van der Waals surface area contributed by atoms with Gasteiger partial charge in [-0.2, -0.15) is 0 Å². The van der Waals surface area contributed by atoms with Crippen molar-refractivity contribution in [2.75, 3.05) is 20.1 Å². The molecule has 1 N–H and O–H groups in total. The summed E-state index contributed by atoms with van der Waals surface area (Å²) in [4.78, 5) is 14.3. The van der Waals surface area contributed by atoms with Crippen molar-refractivity contribution in [2.45, 2.75) is 18.9 Å². The Morgan fingerprint density at radius 3 is 2.33 bits per heavy atom. The summed E-state index contributed by atoms with van der Waals surface area (Å²) >= 11 is 11.8. The standard InChI is InChI=1S/C13H16Cl2N2O/c1-17-4-2-12(3-5-17)16-13(18)9-6-10(14)8-11(15)7-9/h6-8,12H,2-5H2,1H3,(H,16,18). The molecule has 0 spiro atoms. The molecule has 5 heteroatoms. The van der Waals surface area contributed by atoms with Crippen LogP contribution in [0.4, 0.5) is 0 Å². The van der Waals surface area contributed by atoms with Gasteiger partial charge in [0.15, 0.2) is 0 Å². The van der Waals surface area contributed by atoms with Crippen molar-refractivity contribution in [3.63, 3.8) is 0 Å². The third-order valence-corrected chi connectivity index (χ3v) is 3.61. The SMILES string of the molecule is CN1CCC(NC(=O)c2cc(Cl)cc(Cl)c2)CC1. The van der Waals surface area contributed by atoms with E-state index in [4.69, 9.17) is 23.2 Å². The van der Waals surface area contributed by atoms with Crippen molar-refractivity contribution in [3.05, 3.63) is 33.8 Å². The number of carbonyl (C=O) groups excluding carboxylic acids is 1. The minimum absolute atomic E-state index is 0.103. The molecule has 18 heavy (non-hydrogen) atoms. The summed E-state index contributed by atoms with van der Waals surface area (Å²) in [6.45, 7) is 2.03. The largest absolute Gasteiger partial charge is 0.349 e. The van der Waals surface area contributed by atoms with Crippen LogP contribution in [-0.2, 0) is 0 Å². The second kappa shape index (κ2) is 5.91. The fourth-order valence-corrected chi connectivity index (χ4v) is 2.63. The molecule has 0 bridgehead atoms. The minimum atomic E-state index is -0.103. The minimum Gasteiger partial charge on any atom is -0.349 e. The van der Waals surface area contributed by atoms with Crippen LogP contribution in [0.1, 0.15) is 23.2 Å². The molecule has 1 aliphatic heterocycles. The van der Waals surface area contributed by atoms with E-state index in [1.807, 2.05) is 0 Å². The van der Waals surface area contributed by atoms with E-state index in [1.54, 1.807) is 18.2 Å². The number of carbonyl (C=O) groups is 1. The molecule has 0 atom stereocenters. The highest BCUT2D eigenvalue weighted by Gasteiger charge is 2.19. The van der Waals surface area contributed by atoms with E-state index in [2.05, 4.69) is 17.3 Å². The maximum atomic E-state index is 12.1. The van der Waals surface area contributed by atoms with Crippen molar-refractivity contribution >= 4 is 29.1 Å². The fraction of sp³-hybridized carbons (Fsp3) is 0.462. The van der Waals surface area contributed by atoms with Crippen molar-refractivity contribution in [2.24, 2.45) is 0 Å². The highest BCUT2D eigenvalue weighted by molar-refractivity contribution is 6.35. The summed E-state index contributed by atoms with van der Waals surface area (Å²) in [5.74, 6) is -0.103. The van der Waals surface area contributed by atoms with E-state index in [0.717, 1.165) is 25.9 Å². The molecule has 3 nitrogen and oxygen atoms in total. The van der Waals surface area contributed by atoms with Crippen molar-refractivity contribution in [1.82, 2.24) is 10.2 Å². The summed E-state index contributed by atoms with van der Waals surface area (Å²) in [5, 5.41) is 3.99. The number of amides is 1. The molecule has 2 rings (SSSR count). The molecule has 0 saturated carbocycles. The van der Waals surface area contributed by atoms with Gasteiger partial charge in [0, 0.05) is 21.7 Å². The first-order valence-electron chi connectivity index (χ1n) is 6.00. The van der Waals surface area contributed by atoms with Crippen LogP contribution in [0, 0.1) is 0 Å². The molecule has 0 aliphatic carbocycles. The number of piperidine rings is 1. The molecule has 0 radical (unpaired) electrons. The first kappa shape index (κ1) is 13.7. The molecule has 1 fully saturated rings. The Hall–Kier alpha value is -0.770. The quantitative estimate of drug-likeness (QED) is 0.907. The summed E-state index contributed by atoms with van der Waals surface area (Å²) in [7, 11) is 2.09. The van der Waals surface area contributed by atoms with E-state index in [9.17, 15) is 4.79 Å². The number of rotatable bonds is 2. The third kappa shape index (κ3) is 3.61. The Balaban J connectivity index is 1.99. The fourth-order valence-electron chi connectivity index (χ4n) is 2.11. The molecule has 0 aromatic heterocycles. The molecular formula is C13H16Cl2N2O. The molecule has 1 aliphatic rings. The van der Waals surface area contributed by atoms with Crippen LogP contribution < -0.4 is 5.32 Å². The number of hydrogen-bond acceptors (Lipinski definition) is 2. The average molecular weight is 287 g/mol. The normalized spacial score (nSPS) is 17.7. The first-order chi connectivity index (χ1) is 8.54. The molecular weight excluding hydrogens is 271 g/mol. The molecule has 1 saturated heterocycles. The zero-order valence-corrected chi connectivity index (χ0v) is 11.8. The summed E-state index contributed by atoms with van der Waals surface area (Å²) < 4.78 is 0. The maximum absolute atomic E-state index is 12.1. The first-order valence-corrected chi connectivity index (χ1v) is 6.75. The number of halogens is 2. The number of benzene rings is 1. The van der Waals surface area contributed by atoms with Gasteiger partial charge >= 0.3 is 0 Å². The van der Waals surface area contributed by atoms with Crippen LogP contribution in [0.25, 0.3) is 0 Å². The number of nitrogens with zero attached hydrogens (tertiary/aromatic N) is 1. The van der Waals surface area contributed by atoms with Crippen LogP contribution in [0.15, 0.2) is 18.2 Å². The van der Waals surface area contributed by atoms with Gasteiger partial charge in [-0.3, -0.25) is 4.79 Å². The van der Waals surface area contributed by atoms with Gasteiger partial charge in [0.2, 0.25) is 0 Å². The lowest BCUT2D eigenvalue weighted by atomic mass is 10.0. The van der Waals surface area contributed by atoms with Crippen LogP contribution in [0.5, 0.6) is 0 Å². The van der Waals surface area contributed by atoms with Crippen LogP contribution in [-0.4, -0.2) is 37.0 Å². The lowest BCUT2D eigenvalue weighted by molar-refractivity contribution is 0.0917. The van der Waals surface area contributed by atoms with E-state index < -0.39 is 0 Å². The lowest BCUT2D eigenvalue weighted by Crippen LogP contribution is -2.43. The predicted molar refractivity (Wildman–Crippen MR) is 74.4 cm³/mol. The highest BCUT2D eigenvalue weighted by atomic mass is 35.5. The van der Waals surface area contributed by atoms with Gasteiger partial charge in [-0.25, -0.2) is 0 Å². The van der Waals surface area contributed by atoms with Crippen molar-refractivity contribution in [3.8, 4) is 0 Å². The van der Waals surface area contributed by atoms with Crippen LogP contribution >= 0.6 is 23.2 Å². The van der Waals surface area contributed by atoms with Crippen molar-refractivity contribution < 1.29 is 4.79 Å². The number of likely N-dealkylation sites (tertiary alicyclic amines) is 1. The second-order valence-corrected chi connectivity index (χ2v) is 5.58. The van der Waals surface area contributed by atoms with Crippen molar-refractivity contribution in [1.29, 1.82) is 0 Å². The monoisotopic (exact) mass is 286 g/mol. The summed E-state index contributed by atoms with van der Waals surface area (Å²) in [5.41, 5.74) is 0.520. The predicted octanol–water partition coefficient (Wildman–Crippen LogP) is 2.82. The zero-order valence-electron chi connectivity index (χ0n) is 10.2. The maximum Gasteiger partial charge on any atom is 0.251 e. The topological polar surface area (TPSA) is 32.3 Å². The molecule has 0 unspecified atom stereocenters. The van der Waals surface area contributed by atoms with E-state index in [1.165, 1.54) is 0 Å². The zero-order chi connectivity index (χ0) is 13.1. The van der Waals surface area contributed by atoms with Gasteiger partial charge in [-0.15, -0.1) is 0 Å². The number of hydrogen-bond donors (Lipinski definition) is 1. The van der Waals surface area contributed by atoms with E-state index in [0.29, 0.717) is 15.6 Å². The summed E-state index contributed by atoms with van der Waals surface area (Å²) in [6, 6.07) is 5.14. The molecule has 98 valence electrons. The van der Waals surface area contributed by atoms with Crippen LogP contribution in [0.2, 0.25) is 10.0 Å².